The predicted octanol–water partition coefficient (Wildman–Crippen LogP) is 4.89. The molecule has 0 aliphatic rings. The molecule has 0 saturated carbocycles. The number of aryl methyl sites for hydroxylation is 2. The van der Waals surface area contributed by atoms with Crippen LogP contribution in [0.4, 0.5) is 4.39 Å². The van der Waals surface area contributed by atoms with E-state index in [9.17, 15) is 4.39 Å². The first-order valence-electron chi connectivity index (χ1n) is 6.34. The van der Waals surface area contributed by atoms with Gasteiger partial charge in [0.25, 0.3) is 0 Å². The topological polar surface area (TPSA) is 0 Å². The molecular formula is C15H23F. The molecule has 0 spiro atoms. The molecule has 0 atom stereocenters. The largest absolute Gasteiger partial charge is 0.207 e. The van der Waals surface area contributed by atoms with Crippen molar-refractivity contribution in [3.8, 4) is 0 Å². The van der Waals surface area contributed by atoms with Crippen molar-refractivity contribution in [1.29, 1.82) is 0 Å². The number of halogens is 1. The normalized spacial score (nSPS) is 11.1. The molecule has 0 aliphatic carbocycles. The lowest BCUT2D eigenvalue weighted by molar-refractivity contribution is 0.527. The van der Waals surface area contributed by atoms with Gasteiger partial charge in [0, 0.05) is 0 Å². The number of hydrogen-bond donors (Lipinski definition) is 0. The van der Waals surface area contributed by atoms with Crippen molar-refractivity contribution >= 4 is 0 Å². The molecule has 0 aliphatic heterocycles. The molecule has 1 rings (SSSR count). The quantitative estimate of drug-likeness (QED) is 0.601. The van der Waals surface area contributed by atoms with Crippen LogP contribution in [0.15, 0.2) is 18.2 Å². The van der Waals surface area contributed by atoms with Crippen LogP contribution in [0.25, 0.3) is 0 Å². The summed E-state index contributed by atoms with van der Waals surface area (Å²) in [6.07, 6.45) is 6.23. The van der Waals surface area contributed by atoms with E-state index in [1.807, 2.05) is 13.0 Å². The maximum absolute atomic E-state index is 12.9. The molecule has 0 amide bonds. The molecule has 16 heavy (non-hydrogen) atoms. The highest BCUT2D eigenvalue weighted by atomic mass is 19.1. The van der Waals surface area contributed by atoms with Gasteiger partial charge in [-0.25, -0.2) is 4.39 Å². The fourth-order valence-electron chi connectivity index (χ4n) is 1.98. The van der Waals surface area contributed by atoms with Gasteiger partial charge in [-0.3, -0.25) is 0 Å². The lowest BCUT2D eigenvalue weighted by Gasteiger charge is -2.07. The third kappa shape index (κ3) is 4.78. The van der Waals surface area contributed by atoms with E-state index in [0.717, 1.165) is 17.9 Å². The van der Waals surface area contributed by atoms with Crippen molar-refractivity contribution in [3.05, 3.63) is 35.1 Å². The Morgan fingerprint density at radius 1 is 1.12 bits per heavy atom. The predicted molar refractivity (Wildman–Crippen MR) is 68.1 cm³/mol. The van der Waals surface area contributed by atoms with Gasteiger partial charge >= 0.3 is 0 Å². The van der Waals surface area contributed by atoms with Crippen molar-refractivity contribution < 1.29 is 4.39 Å². The Hall–Kier alpha value is -0.850. The highest BCUT2D eigenvalue weighted by molar-refractivity contribution is 5.26. The van der Waals surface area contributed by atoms with Crippen LogP contribution in [0.1, 0.15) is 50.7 Å². The van der Waals surface area contributed by atoms with Crippen molar-refractivity contribution in [1.82, 2.24) is 0 Å². The summed E-state index contributed by atoms with van der Waals surface area (Å²) < 4.78 is 12.9. The third-order valence-electron chi connectivity index (χ3n) is 3.03. The maximum atomic E-state index is 12.9. The summed E-state index contributed by atoms with van der Waals surface area (Å²) in [5.41, 5.74) is 2.38. The zero-order valence-electron chi connectivity index (χ0n) is 10.7. The molecule has 0 N–H and O–H groups in total. The zero-order chi connectivity index (χ0) is 12.0. The second-order valence-corrected chi connectivity index (χ2v) is 5.06. The lowest BCUT2D eigenvalue weighted by Crippen LogP contribution is -1.92. The summed E-state index contributed by atoms with van der Waals surface area (Å²) in [5, 5.41) is 0. The molecule has 90 valence electrons. The van der Waals surface area contributed by atoms with Crippen LogP contribution < -0.4 is 0 Å². The second-order valence-electron chi connectivity index (χ2n) is 5.06. The van der Waals surface area contributed by atoms with Crippen molar-refractivity contribution in [2.24, 2.45) is 5.92 Å². The first-order valence-corrected chi connectivity index (χ1v) is 6.34. The minimum atomic E-state index is -0.124. The standard InChI is InChI=1S/C15H23F/c1-12(2)7-5-4-6-8-14-9-10-15(16)11-13(14)3/h9-12H,4-8H2,1-3H3. The van der Waals surface area contributed by atoms with Crippen molar-refractivity contribution in [3.63, 3.8) is 0 Å². The summed E-state index contributed by atoms with van der Waals surface area (Å²) in [6, 6.07) is 5.12. The van der Waals surface area contributed by atoms with E-state index in [1.165, 1.54) is 31.2 Å². The van der Waals surface area contributed by atoms with Gasteiger partial charge in [0.15, 0.2) is 0 Å². The smallest absolute Gasteiger partial charge is 0.123 e. The number of benzene rings is 1. The summed E-state index contributed by atoms with van der Waals surface area (Å²) in [6.45, 7) is 6.53. The Morgan fingerprint density at radius 2 is 1.88 bits per heavy atom. The van der Waals surface area contributed by atoms with Crippen LogP contribution in [0.2, 0.25) is 0 Å². The summed E-state index contributed by atoms with van der Waals surface area (Å²) in [4.78, 5) is 0. The Morgan fingerprint density at radius 3 is 2.50 bits per heavy atom. The summed E-state index contributed by atoms with van der Waals surface area (Å²) in [7, 11) is 0. The molecule has 0 fully saturated rings. The van der Waals surface area contributed by atoms with Crippen molar-refractivity contribution in [2.45, 2.75) is 52.9 Å². The SMILES string of the molecule is Cc1cc(F)ccc1CCCCCC(C)C. The van der Waals surface area contributed by atoms with E-state index < -0.39 is 0 Å². The molecule has 1 aromatic carbocycles. The Kier molecular flexibility index (Phi) is 5.51. The molecule has 0 heterocycles. The molecule has 0 aromatic heterocycles. The number of unbranched alkanes of at least 4 members (excludes halogenated alkanes) is 2. The highest BCUT2D eigenvalue weighted by Crippen LogP contribution is 2.15. The minimum absolute atomic E-state index is 0.124. The average Bonchev–Trinajstić information content (AvgIpc) is 2.20. The van der Waals surface area contributed by atoms with Gasteiger partial charge in [-0.05, 0) is 48.9 Å². The summed E-state index contributed by atoms with van der Waals surface area (Å²) >= 11 is 0. The van der Waals surface area contributed by atoms with Crippen LogP contribution in [0, 0.1) is 18.7 Å². The average molecular weight is 222 g/mol. The van der Waals surface area contributed by atoms with Gasteiger partial charge in [0.05, 0.1) is 0 Å². The molecule has 0 saturated heterocycles. The van der Waals surface area contributed by atoms with Gasteiger partial charge in [-0.2, -0.15) is 0 Å². The monoisotopic (exact) mass is 222 g/mol. The molecule has 0 nitrogen and oxygen atoms in total. The van der Waals surface area contributed by atoms with Crippen LogP contribution in [-0.2, 0) is 6.42 Å². The molecule has 1 aromatic rings. The van der Waals surface area contributed by atoms with Gasteiger partial charge in [-0.1, -0.05) is 39.2 Å². The Bertz CT molecular complexity index is 315. The van der Waals surface area contributed by atoms with Crippen LogP contribution in [0.5, 0.6) is 0 Å². The zero-order valence-corrected chi connectivity index (χ0v) is 10.7. The van der Waals surface area contributed by atoms with E-state index in [4.69, 9.17) is 0 Å². The Balaban J connectivity index is 2.27. The number of hydrogen-bond acceptors (Lipinski definition) is 0. The Labute approximate surface area is 98.9 Å². The first-order chi connectivity index (χ1) is 7.59. The van der Waals surface area contributed by atoms with E-state index in [2.05, 4.69) is 13.8 Å². The van der Waals surface area contributed by atoms with E-state index in [1.54, 1.807) is 12.1 Å². The van der Waals surface area contributed by atoms with E-state index >= 15 is 0 Å². The molecule has 0 unspecified atom stereocenters. The van der Waals surface area contributed by atoms with Crippen LogP contribution in [0.3, 0.4) is 0 Å². The molecule has 1 heteroatoms. The third-order valence-corrected chi connectivity index (χ3v) is 3.03. The second kappa shape index (κ2) is 6.67. The fraction of sp³-hybridized carbons (Fsp3) is 0.600. The summed E-state index contributed by atoms with van der Waals surface area (Å²) in [5.74, 6) is 0.689. The van der Waals surface area contributed by atoms with Gasteiger partial charge in [0.1, 0.15) is 5.82 Å². The first kappa shape index (κ1) is 13.2. The van der Waals surface area contributed by atoms with Crippen LogP contribution >= 0.6 is 0 Å². The molecule has 0 radical (unpaired) electrons. The molecule has 0 bridgehead atoms. The van der Waals surface area contributed by atoms with Gasteiger partial charge in [-0.15, -0.1) is 0 Å². The lowest BCUT2D eigenvalue weighted by atomic mass is 10.00. The van der Waals surface area contributed by atoms with Crippen LogP contribution in [-0.4, -0.2) is 0 Å². The minimum Gasteiger partial charge on any atom is -0.207 e. The van der Waals surface area contributed by atoms with Crippen molar-refractivity contribution in [2.75, 3.05) is 0 Å². The highest BCUT2D eigenvalue weighted by Gasteiger charge is 2.00. The maximum Gasteiger partial charge on any atom is 0.123 e. The number of rotatable bonds is 6. The van der Waals surface area contributed by atoms with Gasteiger partial charge < -0.3 is 0 Å². The fourth-order valence-corrected chi connectivity index (χ4v) is 1.98. The van der Waals surface area contributed by atoms with E-state index in [-0.39, 0.29) is 5.82 Å². The molecular weight excluding hydrogens is 199 g/mol. The van der Waals surface area contributed by atoms with E-state index in [0.29, 0.717) is 0 Å². The van der Waals surface area contributed by atoms with Gasteiger partial charge in [0.2, 0.25) is 0 Å².